The van der Waals surface area contributed by atoms with E-state index in [4.69, 9.17) is 5.73 Å². The number of nitrogens with one attached hydrogen (secondary N) is 1. The van der Waals surface area contributed by atoms with E-state index in [1.165, 1.54) is 38.1 Å². The van der Waals surface area contributed by atoms with Crippen molar-refractivity contribution in [3.63, 3.8) is 0 Å². The van der Waals surface area contributed by atoms with Gasteiger partial charge in [0, 0.05) is 11.8 Å². The lowest BCUT2D eigenvalue weighted by Crippen LogP contribution is -2.30. The summed E-state index contributed by atoms with van der Waals surface area (Å²) in [7, 11) is 0. The van der Waals surface area contributed by atoms with E-state index in [1.807, 2.05) is 11.8 Å². The molecule has 1 rings (SSSR count). The van der Waals surface area contributed by atoms with E-state index < -0.39 is 0 Å². The lowest BCUT2D eigenvalue weighted by atomic mass is 9.97. The first-order valence-corrected chi connectivity index (χ1v) is 6.48. The number of rotatable bonds is 5. The van der Waals surface area contributed by atoms with Crippen LogP contribution in [0.2, 0.25) is 0 Å². The minimum atomic E-state index is 0.356. The molecular weight excluding hydrogens is 180 g/mol. The van der Waals surface area contributed by atoms with Gasteiger partial charge in [-0.3, -0.25) is 0 Å². The van der Waals surface area contributed by atoms with Crippen molar-refractivity contribution in [1.29, 1.82) is 0 Å². The van der Waals surface area contributed by atoms with E-state index in [0.29, 0.717) is 6.04 Å². The largest absolute Gasteiger partial charge is 0.327 e. The van der Waals surface area contributed by atoms with E-state index in [0.717, 1.165) is 11.7 Å². The van der Waals surface area contributed by atoms with E-state index in [-0.39, 0.29) is 0 Å². The highest BCUT2D eigenvalue weighted by atomic mass is 32.2. The molecule has 1 aliphatic heterocycles. The maximum Gasteiger partial charge on any atom is 0.0101 e. The second-order valence-corrected chi connectivity index (χ2v) is 5.20. The molecule has 0 aromatic rings. The molecule has 1 fully saturated rings. The molecule has 2 atom stereocenters. The highest BCUT2D eigenvalue weighted by Crippen LogP contribution is 2.17. The molecule has 0 saturated carbocycles. The number of nitrogens with two attached hydrogens (primary N) is 1. The van der Waals surface area contributed by atoms with E-state index in [9.17, 15) is 0 Å². The van der Waals surface area contributed by atoms with Crippen LogP contribution in [0, 0.1) is 5.92 Å². The van der Waals surface area contributed by atoms with E-state index >= 15 is 0 Å². The summed E-state index contributed by atoms with van der Waals surface area (Å²) < 4.78 is 0. The fourth-order valence-corrected chi connectivity index (χ4v) is 2.73. The predicted molar refractivity (Wildman–Crippen MR) is 61.2 cm³/mol. The first-order valence-electron chi connectivity index (χ1n) is 5.33. The molecule has 0 amide bonds. The zero-order valence-electron chi connectivity index (χ0n) is 8.59. The van der Waals surface area contributed by atoms with Gasteiger partial charge < -0.3 is 11.1 Å². The molecule has 0 radical (unpaired) electrons. The molecule has 2 unspecified atom stereocenters. The van der Waals surface area contributed by atoms with Gasteiger partial charge in [-0.15, -0.1) is 0 Å². The monoisotopic (exact) mass is 202 g/mol. The van der Waals surface area contributed by atoms with Gasteiger partial charge in [0.1, 0.15) is 0 Å². The van der Waals surface area contributed by atoms with Gasteiger partial charge in [-0.25, -0.2) is 0 Å². The summed E-state index contributed by atoms with van der Waals surface area (Å²) in [4.78, 5) is 0. The summed E-state index contributed by atoms with van der Waals surface area (Å²) in [6, 6.07) is 0.356. The Morgan fingerprint density at radius 1 is 1.62 bits per heavy atom. The smallest absolute Gasteiger partial charge is 0.0101 e. The van der Waals surface area contributed by atoms with E-state index in [2.05, 4.69) is 12.2 Å². The highest BCUT2D eigenvalue weighted by molar-refractivity contribution is 7.99. The summed E-state index contributed by atoms with van der Waals surface area (Å²) in [5.41, 5.74) is 5.68. The van der Waals surface area contributed by atoms with Gasteiger partial charge in [0.15, 0.2) is 0 Å². The van der Waals surface area contributed by atoms with Crippen LogP contribution in [0.4, 0.5) is 0 Å². The van der Waals surface area contributed by atoms with Gasteiger partial charge in [-0.1, -0.05) is 0 Å². The van der Waals surface area contributed by atoms with Crippen LogP contribution in [0.5, 0.6) is 0 Å². The highest BCUT2D eigenvalue weighted by Gasteiger charge is 2.11. The summed E-state index contributed by atoms with van der Waals surface area (Å²) >= 11 is 2.00. The minimum Gasteiger partial charge on any atom is -0.327 e. The molecule has 0 aromatic carbocycles. The molecule has 3 heteroatoms. The van der Waals surface area contributed by atoms with Crippen LogP contribution in [-0.2, 0) is 0 Å². The zero-order chi connectivity index (χ0) is 9.52. The SMILES string of the molecule is CC(N)CSCCC1CCCNC1. The predicted octanol–water partition coefficient (Wildman–Crippen LogP) is 1.46. The van der Waals surface area contributed by atoms with Crippen molar-refractivity contribution in [3.05, 3.63) is 0 Å². The van der Waals surface area contributed by atoms with Gasteiger partial charge in [-0.2, -0.15) is 11.8 Å². The summed E-state index contributed by atoms with van der Waals surface area (Å²) in [6.45, 7) is 4.54. The molecule has 0 bridgehead atoms. The first kappa shape index (κ1) is 11.3. The zero-order valence-corrected chi connectivity index (χ0v) is 9.41. The minimum absolute atomic E-state index is 0.356. The Bertz CT molecular complexity index is 122. The van der Waals surface area contributed by atoms with Crippen LogP contribution >= 0.6 is 11.8 Å². The van der Waals surface area contributed by atoms with Gasteiger partial charge in [0.25, 0.3) is 0 Å². The maximum atomic E-state index is 5.68. The van der Waals surface area contributed by atoms with Crippen molar-refractivity contribution in [1.82, 2.24) is 5.32 Å². The van der Waals surface area contributed by atoms with Crippen LogP contribution in [0.25, 0.3) is 0 Å². The van der Waals surface area contributed by atoms with Crippen LogP contribution < -0.4 is 11.1 Å². The molecule has 78 valence electrons. The molecule has 3 N–H and O–H groups in total. The number of thioether (sulfide) groups is 1. The number of hydrogen-bond acceptors (Lipinski definition) is 3. The Morgan fingerprint density at radius 3 is 3.08 bits per heavy atom. The molecule has 1 heterocycles. The number of piperidine rings is 1. The molecule has 0 aromatic heterocycles. The lowest BCUT2D eigenvalue weighted by molar-refractivity contribution is 0.371. The van der Waals surface area contributed by atoms with E-state index in [1.54, 1.807) is 0 Å². The standard InChI is InChI=1S/C10H22N2S/c1-9(11)8-13-6-4-10-3-2-5-12-7-10/h9-10,12H,2-8,11H2,1H3. The van der Waals surface area contributed by atoms with Crippen molar-refractivity contribution >= 4 is 11.8 Å². The third-order valence-corrected chi connectivity index (χ3v) is 3.74. The Morgan fingerprint density at radius 2 is 2.46 bits per heavy atom. The van der Waals surface area contributed by atoms with Crippen LogP contribution in [0.15, 0.2) is 0 Å². The van der Waals surface area contributed by atoms with Crippen molar-refractivity contribution in [2.75, 3.05) is 24.6 Å². The van der Waals surface area contributed by atoms with Crippen molar-refractivity contribution in [2.24, 2.45) is 11.7 Å². The second-order valence-electron chi connectivity index (χ2n) is 4.05. The Kier molecular flexibility index (Phi) is 5.83. The molecule has 2 nitrogen and oxygen atoms in total. The van der Waals surface area contributed by atoms with Gasteiger partial charge in [0.2, 0.25) is 0 Å². The summed E-state index contributed by atoms with van der Waals surface area (Å²) in [5, 5.41) is 3.45. The fourth-order valence-electron chi connectivity index (χ4n) is 1.69. The molecule has 13 heavy (non-hydrogen) atoms. The van der Waals surface area contributed by atoms with Gasteiger partial charge in [-0.05, 0) is 50.9 Å². The fraction of sp³-hybridized carbons (Fsp3) is 1.00. The van der Waals surface area contributed by atoms with Crippen LogP contribution in [0.1, 0.15) is 26.2 Å². The Labute approximate surface area is 86.0 Å². The molecule has 1 aliphatic rings. The van der Waals surface area contributed by atoms with Gasteiger partial charge in [0.05, 0.1) is 0 Å². The number of hydrogen-bond donors (Lipinski definition) is 2. The third kappa shape index (κ3) is 5.55. The maximum absolute atomic E-state index is 5.68. The average molecular weight is 202 g/mol. The molecule has 0 aliphatic carbocycles. The van der Waals surface area contributed by atoms with Gasteiger partial charge >= 0.3 is 0 Å². The van der Waals surface area contributed by atoms with Crippen molar-refractivity contribution in [3.8, 4) is 0 Å². The lowest BCUT2D eigenvalue weighted by Gasteiger charge is -2.22. The second kappa shape index (κ2) is 6.68. The Hall–Kier alpha value is 0.270. The summed E-state index contributed by atoms with van der Waals surface area (Å²) in [6.07, 6.45) is 4.15. The first-order chi connectivity index (χ1) is 6.29. The quantitative estimate of drug-likeness (QED) is 0.663. The molecular formula is C10H22N2S. The summed E-state index contributed by atoms with van der Waals surface area (Å²) in [5.74, 6) is 3.32. The van der Waals surface area contributed by atoms with Crippen molar-refractivity contribution < 1.29 is 0 Å². The Balaban J connectivity index is 1.92. The molecule has 1 saturated heterocycles. The average Bonchev–Trinajstić information content (AvgIpc) is 2.14. The topological polar surface area (TPSA) is 38.0 Å². The van der Waals surface area contributed by atoms with Crippen LogP contribution in [0.3, 0.4) is 0 Å². The normalized spacial score (nSPS) is 25.8. The molecule has 0 spiro atoms. The third-order valence-electron chi connectivity index (χ3n) is 2.45. The van der Waals surface area contributed by atoms with Crippen molar-refractivity contribution in [2.45, 2.75) is 32.2 Å². The van der Waals surface area contributed by atoms with Crippen LogP contribution in [-0.4, -0.2) is 30.6 Å².